The van der Waals surface area contributed by atoms with Gasteiger partial charge in [-0.05, 0) is 36.6 Å². The predicted molar refractivity (Wildman–Crippen MR) is 70.2 cm³/mol. The van der Waals surface area contributed by atoms with Gasteiger partial charge in [-0.1, -0.05) is 48.5 Å². The molecule has 2 unspecified atom stereocenters. The molecular formula is C14H31N. The van der Waals surface area contributed by atoms with E-state index in [0.717, 1.165) is 18.4 Å². The molecule has 0 rings (SSSR count). The van der Waals surface area contributed by atoms with E-state index in [1.54, 1.807) is 0 Å². The Morgan fingerprint density at radius 3 is 1.93 bits per heavy atom. The average molecular weight is 213 g/mol. The van der Waals surface area contributed by atoms with Gasteiger partial charge in [0.05, 0.1) is 0 Å². The van der Waals surface area contributed by atoms with Crippen LogP contribution in [0.5, 0.6) is 0 Å². The molecule has 0 aliphatic heterocycles. The van der Waals surface area contributed by atoms with Crippen LogP contribution in [0.15, 0.2) is 0 Å². The van der Waals surface area contributed by atoms with Gasteiger partial charge in [0, 0.05) is 6.04 Å². The summed E-state index contributed by atoms with van der Waals surface area (Å²) in [4.78, 5) is 0. The van der Waals surface area contributed by atoms with Crippen LogP contribution in [-0.4, -0.2) is 12.6 Å². The Morgan fingerprint density at radius 2 is 1.60 bits per heavy atom. The quantitative estimate of drug-likeness (QED) is 0.701. The lowest BCUT2D eigenvalue weighted by molar-refractivity contribution is 0.251. The van der Waals surface area contributed by atoms with Gasteiger partial charge in [0.1, 0.15) is 0 Å². The van der Waals surface area contributed by atoms with E-state index < -0.39 is 0 Å². The molecule has 1 N–H and O–H groups in total. The van der Waals surface area contributed by atoms with Gasteiger partial charge in [0.2, 0.25) is 0 Å². The molecule has 0 aromatic carbocycles. The van der Waals surface area contributed by atoms with Gasteiger partial charge in [-0.15, -0.1) is 0 Å². The average Bonchev–Trinajstić information content (AvgIpc) is 2.09. The standard InChI is InChI=1S/C14H31N/c1-8-15-13(12(4)11(2)3)9-10-14(5,6)7/h11-13,15H,8-10H2,1-7H3. The van der Waals surface area contributed by atoms with Crippen LogP contribution in [0.3, 0.4) is 0 Å². The first-order valence-corrected chi connectivity index (χ1v) is 6.51. The molecule has 0 spiro atoms. The first-order valence-electron chi connectivity index (χ1n) is 6.51. The number of nitrogens with one attached hydrogen (secondary N) is 1. The number of hydrogen-bond acceptors (Lipinski definition) is 1. The van der Waals surface area contributed by atoms with Gasteiger partial charge in [0.25, 0.3) is 0 Å². The molecule has 1 nitrogen and oxygen atoms in total. The lowest BCUT2D eigenvalue weighted by Gasteiger charge is -2.30. The van der Waals surface area contributed by atoms with Gasteiger partial charge in [-0.25, -0.2) is 0 Å². The summed E-state index contributed by atoms with van der Waals surface area (Å²) in [6, 6.07) is 0.689. The molecule has 0 saturated carbocycles. The highest BCUT2D eigenvalue weighted by molar-refractivity contribution is 4.77. The zero-order chi connectivity index (χ0) is 12.1. The fourth-order valence-corrected chi connectivity index (χ4v) is 1.87. The maximum atomic E-state index is 3.64. The molecule has 0 bridgehead atoms. The highest BCUT2D eigenvalue weighted by Crippen LogP contribution is 2.25. The van der Waals surface area contributed by atoms with Gasteiger partial charge in [-0.3, -0.25) is 0 Å². The van der Waals surface area contributed by atoms with Gasteiger partial charge in [0.15, 0.2) is 0 Å². The molecule has 1 heteroatoms. The highest BCUT2D eigenvalue weighted by Gasteiger charge is 2.21. The number of rotatable bonds is 6. The molecule has 0 aromatic rings. The summed E-state index contributed by atoms with van der Waals surface area (Å²) < 4.78 is 0. The fourth-order valence-electron chi connectivity index (χ4n) is 1.87. The summed E-state index contributed by atoms with van der Waals surface area (Å²) in [5, 5.41) is 3.64. The van der Waals surface area contributed by atoms with E-state index in [1.165, 1.54) is 12.8 Å². The van der Waals surface area contributed by atoms with Gasteiger partial charge < -0.3 is 5.32 Å². The second kappa shape index (κ2) is 6.52. The zero-order valence-corrected chi connectivity index (χ0v) is 11.9. The molecule has 0 amide bonds. The Labute approximate surface area is 97.0 Å². The summed E-state index contributed by atoms with van der Waals surface area (Å²) in [5.74, 6) is 1.54. The van der Waals surface area contributed by atoms with Crippen LogP contribution in [0.1, 0.15) is 61.3 Å². The van der Waals surface area contributed by atoms with Crippen molar-refractivity contribution in [2.75, 3.05) is 6.54 Å². The monoisotopic (exact) mass is 213 g/mol. The van der Waals surface area contributed by atoms with E-state index in [1.807, 2.05) is 0 Å². The lowest BCUT2D eigenvalue weighted by atomic mass is 9.82. The maximum Gasteiger partial charge on any atom is 0.00952 e. The predicted octanol–water partition coefficient (Wildman–Crippen LogP) is 4.08. The zero-order valence-electron chi connectivity index (χ0n) is 11.9. The largest absolute Gasteiger partial charge is 0.314 e. The van der Waals surface area contributed by atoms with Crippen molar-refractivity contribution in [1.82, 2.24) is 5.32 Å². The molecule has 0 aliphatic carbocycles. The van der Waals surface area contributed by atoms with E-state index in [-0.39, 0.29) is 0 Å². The van der Waals surface area contributed by atoms with Crippen molar-refractivity contribution < 1.29 is 0 Å². The minimum absolute atomic E-state index is 0.463. The molecule has 0 aromatic heterocycles. The van der Waals surface area contributed by atoms with Crippen LogP contribution >= 0.6 is 0 Å². The molecule has 0 radical (unpaired) electrons. The molecular weight excluding hydrogens is 182 g/mol. The number of hydrogen-bond donors (Lipinski definition) is 1. The summed E-state index contributed by atoms with van der Waals surface area (Å²) in [5.41, 5.74) is 0.463. The summed E-state index contributed by atoms with van der Waals surface area (Å²) >= 11 is 0. The summed E-state index contributed by atoms with van der Waals surface area (Å²) in [7, 11) is 0. The molecule has 0 heterocycles. The van der Waals surface area contributed by atoms with Crippen LogP contribution in [0, 0.1) is 17.3 Å². The Bertz CT molecular complexity index is 155. The molecule has 92 valence electrons. The Hall–Kier alpha value is -0.0400. The van der Waals surface area contributed by atoms with Crippen LogP contribution in [0.2, 0.25) is 0 Å². The van der Waals surface area contributed by atoms with Crippen molar-refractivity contribution in [2.45, 2.75) is 67.3 Å². The fraction of sp³-hybridized carbons (Fsp3) is 1.00. The van der Waals surface area contributed by atoms with Crippen molar-refractivity contribution in [3.05, 3.63) is 0 Å². The smallest absolute Gasteiger partial charge is 0.00952 e. The van der Waals surface area contributed by atoms with E-state index in [2.05, 4.69) is 53.8 Å². The maximum absolute atomic E-state index is 3.64. The minimum Gasteiger partial charge on any atom is -0.314 e. The van der Waals surface area contributed by atoms with Crippen molar-refractivity contribution >= 4 is 0 Å². The second-order valence-corrected chi connectivity index (χ2v) is 6.37. The van der Waals surface area contributed by atoms with Crippen LogP contribution in [-0.2, 0) is 0 Å². The Kier molecular flexibility index (Phi) is 6.51. The van der Waals surface area contributed by atoms with E-state index >= 15 is 0 Å². The summed E-state index contributed by atoms with van der Waals surface area (Å²) in [6.45, 7) is 17.3. The molecule has 0 saturated heterocycles. The third kappa shape index (κ3) is 6.94. The molecule has 0 aliphatic rings. The van der Waals surface area contributed by atoms with Crippen molar-refractivity contribution in [3.63, 3.8) is 0 Å². The van der Waals surface area contributed by atoms with Crippen LogP contribution in [0.25, 0.3) is 0 Å². The van der Waals surface area contributed by atoms with E-state index in [4.69, 9.17) is 0 Å². The van der Waals surface area contributed by atoms with Gasteiger partial charge in [-0.2, -0.15) is 0 Å². The van der Waals surface area contributed by atoms with E-state index in [9.17, 15) is 0 Å². The molecule has 0 fully saturated rings. The molecule has 15 heavy (non-hydrogen) atoms. The Balaban J connectivity index is 4.15. The minimum atomic E-state index is 0.463. The van der Waals surface area contributed by atoms with Crippen molar-refractivity contribution in [1.29, 1.82) is 0 Å². The molecule has 2 atom stereocenters. The topological polar surface area (TPSA) is 12.0 Å². The van der Waals surface area contributed by atoms with Crippen LogP contribution in [0.4, 0.5) is 0 Å². The highest BCUT2D eigenvalue weighted by atomic mass is 14.9. The summed E-state index contributed by atoms with van der Waals surface area (Å²) in [6.07, 6.45) is 2.61. The second-order valence-electron chi connectivity index (χ2n) is 6.37. The van der Waals surface area contributed by atoms with Crippen molar-refractivity contribution in [3.8, 4) is 0 Å². The first kappa shape index (κ1) is 15.0. The third-order valence-corrected chi connectivity index (χ3v) is 3.36. The normalized spacial score (nSPS) is 16.8. The van der Waals surface area contributed by atoms with E-state index in [0.29, 0.717) is 11.5 Å². The first-order chi connectivity index (χ1) is 6.78. The Morgan fingerprint density at radius 1 is 1.07 bits per heavy atom. The van der Waals surface area contributed by atoms with Crippen molar-refractivity contribution in [2.24, 2.45) is 17.3 Å². The third-order valence-electron chi connectivity index (χ3n) is 3.36. The SMILES string of the molecule is CCNC(CCC(C)(C)C)C(C)C(C)C. The van der Waals surface area contributed by atoms with Gasteiger partial charge >= 0.3 is 0 Å². The lowest BCUT2D eigenvalue weighted by Crippen LogP contribution is -2.37. The van der Waals surface area contributed by atoms with Crippen LogP contribution < -0.4 is 5.32 Å².